The smallest absolute Gasteiger partial charge is 0.414 e. The van der Waals surface area contributed by atoms with Gasteiger partial charge in [0.15, 0.2) is 11.6 Å². The number of aliphatic carboxylic acids is 2. The Morgan fingerprint density at radius 2 is 1.47 bits per heavy atom. The van der Waals surface area contributed by atoms with Gasteiger partial charge in [0.05, 0.1) is 0 Å². The molecule has 1 saturated heterocycles. The normalized spacial score (nSPS) is 14.9. The number of carboxylic acid groups (broad SMARTS) is 2. The fraction of sp³-hybridized carbons (Fsp3) is 0.273. The summed E-state index contributed by atoms with van der Waals surface area (Å²) in [5.41, 5.74) is 2.04. The largest absolute Gasteiger partial charge is 0.473 e. The third-order valence-corrected chi connectivity index (χ3v) is 4.51. The van der Waals surface area contributed by atoms with Crippen LogP contribution in [0.25, 0.3) is 6.08 Å². The van der Waals surface area contributed by atoms with Gasteiger partial charge in [-0.2, -0.15) is 0 Å². The van der Waals surface area contributed by atoms with Gasteiger partial charge in [-0.1, -0.05) is 48.6 Å². The zero-order valence-corrected chi connectivity index (χ0v) is 16.4. The van der Waals surface area contributed by atoms with Gasteiger partial charge in [0.25, 0.3) is 0 Å². The second-order valence-electron chi connectivity index (χ2n) is 6.75. The molecule has 6 nitrogen and oxygen atoms in total. The van der Waals surface area contributed by atoms with E-state index in [1.165, 1.54) is 17.7 Å². The van der Waals surface area contributed by atoms with E-state index in [9.17, 15) is 8.78 Å². The van der Waals surface area contributed by atoms with Crippen LogP contribution in [0.4, 0.5) is 8.78 Å². The number of hydrogen-bond acceptors (Lipinski definition) is 4. The molecule has 0 amide bonds. The quantitative estimate of drug-likeness (QED) is 0.727. The summed E-state index contributed by atoms with van der Waals surface area (Å²) in [7, 11) is 0. The number of hydrogen-bond donors (Lipinski definition) is 2. The lowest BCUT2D eigenvalue weighted by Crippen LogP contribution is -2.45. The zero-order valence-electron chi connectivity index (χ0n) is 16.4. The minimum Gasteiger partial charge on any atom is -0.473 e. The number of benzene rings is 2. The van der Waals surface area contributed by atoms with E-state index in [0.29, 0.717) is 6.54 Å². The van der Waals surface area contributed by atoms with Crippen molar-refractivity contribution in [3.63, 3.8) is 0 Å². The molecule has 0 unspecified atom stereocenters. The number of nitrogens with zero attached hydrogens (tertiary/aromatic N) is 2. The number of piperazine rings is 1. The van der Waals surface area contributed by atoms with E-state index < -0.39 is 23.6 Å². The highest BCUT2D eigenvalue weighted by Gasteiger charge is 2.16. The molecule has 160 valence electrons. The van der Waals surface area contributed by atoms with E-state index in [1.54, 1.807) is 6.07 Å². The SMILES string of the molecule is Fc1ccc(CN2CCN(CC=Cc3ccccc3)CC2)cc1F.O=C(O)C(=O)O. The van der Waals surface area contributed by atoms with Crippen LogP contribution in [0.5, 0.6) is 0 Å². The molecule has 8 heteroatoms. The first kappa shape index (κ1) is 23.2. The second-order valence-corrected chi connectivity index (χ2v) is 6.75. The molecule has 1 heterocycles. The van der Waals surface area contributed by atoms with E-state index in [-0.39, 0.29) is 0 Å². The van der Waals surface area contributed by atoms with Crippen molar-refractivity contribution < 1.29 is 28.6 Å². The third-order valence-electron chi connectivity index (χ3n) is 4.51. The van der Waals surface area contributed by atoms with Crippen molar-refractivity contribution in [3.05, 3.63) is 77.4 Å². The molecular weight excluding hydrogens is 394 g/mol. The highest BCUT2D eigenvalue weighted by atomic mass is 19.2. The van der Waals surface area contributed by atoms with Crippen LogP contribution in [0.2, 0.25) is 0 Å². The predicted molar refractivity (Wildman–Crippen MR) is 109 cm³/mol. The Bertz CT molecular complexity index is 855. The Morgan fingerprint density at radius 1 is 0.867 bits per heavy atom. The summed E-state index contributed by atoms with van der Waals surface area (Å²) < 4.78 is 26.2. The first-order valence-electron chi connectivity index (χ1n) is 9.41. The molecule has 0 saturated carbocycles. The van der Waals surface area contributed by atoms with Gasteiger partial charge in [0, 0.05) is 39.3 Å². The Labute approximate surface area is 173 Å². The number of rotatable bonds is 5. The van der Waals surface area contributed by atoms with Gasteiger partial charge >= 0.3 is 11.9 Å². The Balaban J connectivity index is 0.000000469. The average Bonchev–Trinajstić information content (AvgIpc) is 2.73. The molecule has 0 atom stereocenters. The standard InChI is InChI=1S/C20H22F2N2.C2H2O4/c21-19-9-8-18(15-20(19)22)16-24-13-11-23(12-14-24)10-4-7-17-5-2-1-3-6-17;3-1(4)2(5)6/h1-9,15H,10-14,16H2;(H,3,4)(H,5,6). The van der Waals surface area contributed by atoms with Crippen molar-refractivity contribution in [2.75, 3.05) is 32.7 Å². The summed E-state index contributed by atoms with van der Waals surface area (Å²) in [5.74, 6) is -5.20. The molecule has 2 N–H and O–H groups in total. The fourth-order valence-corrected chi connectivity index (χ4v) is 2.93. The topological polar surface area (TPSA) is 81.1 Å². The summed E-state index contributed by atoms with van der Waals surface area (Å²) in [6, 6.07) is 14.4. The molecule has 0 radical (unpaired) electrons. The molecule has 2 aromatic rings. The third kappa shape index (κ3) is 8.10. The summed E-state index contributed by atoms with van der Waals surface area (Å²) in [6.07, 6.45) is 4.34. The van der Waals surface area contributed by atoms with Crippen molar-refractivity contribution in [1.82, 2.24) is 9.80 Å². The van der Waals surface area contributed by atoms with Crippen molar-refractivity contribution >= 4 is 18.0 Å². The lowest BCUT2D eigenvalue weighted by Gasteiger charge is -2.34. The van der Waals surface area contributed by atoms with Gasteiger partial charge in [-0.15, -0.1) is 0 Å². The second kappa shape index (κ2) is 11.8. The van der Waals surface area contributed by atoms with Crippen molar-refractivity contribution in [3.8, 4) is 0 Å². The molecule has 1 aliphatic rings. The van der Waals surface area contributed by atoms with E-state index in [0.717, 1.165) is 38.3 Å². The van der Waals surface area contributed by atoms with E-state index in [1.807, 2.05) is 18.2 Å². The van der Waals surface area contributed by atoms with Gasteiger partial charge in [0.2, 0.25) is 0 Å². The number of carboxylic acids is 2. The average molecular weight is 418 g/mol. The van der Waals surface area contributed by atoms with Crippen LogP contribution >= 0.6 is 0 Å². The summed E-state index contributed by atoms with van der Waals surface area (Å²) in [6.45, 7) is 5.47. The molecule has 1 fully saturated rings. The van der Waals surface area contributed by atoms with E-state index >= 15 is 0 Å². The zero-order chi connectivity index (χ0) is 21.9. The van der Waals surface area contributed by atoms with Crippen LogP contribution in [0.15, 0.2) is 54.6 Å². The summed E-state index contributed by atoms with van der Waals surface area (Å²) in [4.78, 5) is 22.9. The molecule has 2 aromatic carbocycles. The fourth-order valence-electron chi connectivity index (χ4n) is 2.93. The molecule has 0 aliphatic carbocycles. The molecule has 0 spiro atoms. The first-order chi connectivity index (χ1) is 14.3. The maximum atomic E-state index is 13.3. The number of halogens is 2. The molecule has 0 aromatic heterocycles. The van der Waals surface area contributed by atoms with Crippen LogP contribution in [0, 0.1) is 11.6 Å². The monoisotopic (exact) mass is 418 g/mol. The van der Waals surface area contributed by atoms with Crippen LogP contribution in [-0.2, 0) is 16.1 Å². The maximum absolute atomic E-state index is 13.3. The van der Waals surface area contributed by atoms with Crippen molar-refractivity contribution in [2.45, 2.75) is 6.54 Å². The van der Waals surface area contributed by atoms with E-state index in [4.69, 9.17) is 19.8 Å². The molecule has 0 bridgehead atoms. The van der Waals surface area contributed by atoms with Crippen LogP contribution in [0.1, 0.15) is 11.1 Å². The Hall–Kier alpha value is -3.10. The highest BCUT2D eigenvalue weighted by molar-refractivity contribution is 6.27. The Kier molecular flexibility index (Phi) is 9.11. The van der Waals surface area contributed by atoms with Gasteiger partial charge in [-0.05, 0) is 23.3 Å². The highest BCUT2D eigenvalue weighted by Crippen LogP contribution is 2.13. The van der Waals surface area contributed by atoms with Crippen LogP contribution in [-0.4, -0.2) is 64.7 Å². The number of carbonyl (C=O) groups is 2. The van der Waals surface area contributed by atoms with Crippen LogP contribution in [0.3, 0.4) is 0 Å². The van der Waals surface area contributed by atoms with E-state index in [2.05, 4.69) is 34.1 Å². The van der Waals surface area contributed by atoms with Gasteiger partial charge in [-0.25, -0.2) is 18.4 Å². The first-order valence-corrected chi connectivity index (χ1v) is 9.41. The van der Waals surface area contributed by atoms with Crippen LogP contribution < -0.4 is 0 Å². The molecule has 1 aliphatic heterocycles. The van der Waals surface area contributed by atoms with Gasteiger partial charge < -0.3 is 10.2 Å². The Morgan fingerprint density at radius 3 is 2.03 bits per heavy atom. The molecular formula is C22H24F2N2O4. The lowest BCUT2D eigenvalue weighted by atomic mass is 10.2. The minimum absolute atomic E-state index is 0.672. The lowest BCUT2D eigenvalue weighted by molar-refractivity contribution is -0.159. The van der Waals surface area contributed by atoms with Gasteiger partial charge in [0.1, 0.15) is 0 Å². The van der Waals surface area contributed by atoms with Crippen molar-refractivity contribution in [2.24, 2.45) is 0 Å². The van der Waals surface area contributed by atoms with Gasteiger partial charge in [-0.3, -0.25) is 9.80 Å². The van der Waals surface area contributed by atoms with Crippen molar-refractivity contribution in [1.29, 1.82) is 0 Å². The predicted octanol–water partition coefficient (Wildman–Crippen LogP) is 2.95. The maximum Gasteiger partial charge on any atom is 0.414 e. The summed E-state index contributed by atoms with van der Waals surface area (Å²) in [5, 5.41) is 14.8. The molecule has 30 heavy (non-hydrogen) atoms. The minimum atomic E-state index is -1.82. The molecule has 3 rings (SSSR count). The summed E-state index contributed by atoms with van der Waals surface area (Å²) >= 11 is 0.